The number of hydrogen-bond acceptors (Lipinski definition) is 5. The summed E-state index contributed by atoms with van der Waals surface area (Å²) in [7, 11) is 0. The number of nitrogens with zero attached hydrogens (tertiary/aromatic N) is 2. The molecule has 0 bridgehead atoms. The summed E-state index contributed by atoms with van der Waals surface area (Å²) in [4.78, 5) is 6.38. The lowest BCUT2D eigenvalue weighted by molar-refractivity contribution is -0.274. The first-order chi connectivity index (χ1) is 15.3. The SMILES string of the molecule is Cc1ccc(O[C@H]2CCN(c3ccc(-c4ccccc4OC(F)(F)F)cc3CO)C2)nc1. The van der Waals surface area contributed by atoms with Crippen molar-refractivity contribution < 1.29 is 27.8 Å². The van der Waals surface area contributed by atoms with Crippen LogP contribution in [0.5, 0.6) is 11.6 Å². The van der Waals surface area contributed by atoms with Crippen molar-refractivity contribution >= 4 is 5.69 Å². The van der Waals surface area contributed by atoms with Crippen LogP contribution in [0.3, 0.4) is 0 Å². The lowest BCUT2D eigenvalue weighted by Gasteiger charge is -2.22. The molecule has 0 radical (unpaired) electrons. The topological polar surface area (TPSA) is 54.8 Å². The summed E-state index contributed by atoms with van der Waals surface area (Å²) < 4.78 is 48.5. The van der Waals surface area contributed by atoms with Gasteiger partial charge in [0.2, 0.25) is 5.88 Å². The molecule has 1 atom stereocenters. The maximum atomic E-state index is 12.8. The van der Waals surface area contributed by atoms with E-state index in [4.69, 9.17) is 4.74 Å². The van der Waals surface area contributed by atoms with Crippen molar-refractivity contribution in [2.45, 2.75) is 32.4 Å². The van der Waals surface area contributed by atoms with Crippen molar-refractivity contribution in [2.24, 2.45) is 0 Å². The predicted octanol–water partition coefficient (Wildman–Crippen LogP) is 5.11. The van der Waals surface area contributed by atoms with E-state index < -0.39 is 6.36 Å². The highest BCUT2D eigenvalue weighted by atomic mass is 19.4. The minimum Gasteiger partial charge on any atom is -0.472 e. The zero-order valence-electron chi connectivity index (χ0n) is 17.5. The third-order valence-electron chi connectivity index (χ3n) is 5.33. The molecule has 0 amide bonds. The van der Waals surface area contributed by atoms with E-state index in [0.717, 1.165) is 24.2 Å². The molecule has 1 saturated heterocycles. The molecule has 0 aliphatic carbocycles. The van der Waals surface area contributed by atoms with Crippen molar-refractivity contribution in [3.8, 4) is 22.8 Å². The van der Waals surface area contributed by atoms with E-state index in [2.05, 4.69) is 14.6 Å². The van der Waals surface area contributed by atoms with Crippen LogP contribution in [-0.2, 0) is 6.61 Å². The lowest BCUT2D eigenvalue weighted by Crippen LogP contribution is -2.25. The number of para-hydroxylation sites is 1. The Kier molecular flexibility index (Phi) is 6.23. The number of rotatable bonds is 6. The Morgan fingerprint density at radius 3 is 2.66 bits per heavy atom. The first-order valence-corrected chi connectivity index (χ1v) is 10.3. The summed E-state index contributed by atoms with van der Waals surface area (Å²) in [6, 6.07) is 15.0. The van der Waals surface area contributed by atoms with E-state index >= 15 is 0 Å². The average molecular weight is 444 g/mol. The summed E-state index contributed by atoms with van der Waals surface area (Å²) in [5, 5.41) is 9.95. The largest absolute Gasteiger partial charge is 0.573 e. The molecule has 1 aromatic heterocycles. The molecule has 1 N–H and O–H groups in total. The van der Waals surface area contributed by atoms with Gasteiger partial charge < -0.3 is 19.5 Å². The van der Waals surface area contributed by atoms with Crippen molar-refractivity contribution in [1.29, 1.82) is 0 Å². The molecule has 2 aromatic carbocycles. The lowest BCUT2D eigenvalue weighted by atomic mass is 10.0. The molecular weight excluding hydrogens is 421 g/mol. The minimum atomic E-state index is -4.78. The third-order valence-corrected chi connectivity index (χ3v) is 5.33. The monoisotopic (exact) mass is 444 g/mol. The van der Waals surface area contributed by atoms with Crippen LogP contribution in [0.2, 0.25) is 0 Å². The van der Waals surface area contributed by atoms with E-state index in [1.807, 2.05) is 25.1 Å². The fourth-order valence-electron chi connectivity index (χ4n) is 3.84. The molecule has 0 unspecified atom stereocenters. The second-order valence-corrected chi connectivity index (χ2v) is 7.69. The van der Waals surface area contributed by atoms with Crippen LogP contribution in [0, 0.1) is 6.92 Å². The quantitative estimate of drug-likeness (QED) is 0.573. The van der Waals surface area contributed by atoms with Crippen LogP contribution in [0.4, 0.5) is 18.9 Å². The summed E-state index contributed by atoms with van der Waals surface area (Å²) >= 11 is 0. The van der Waals surface area contributed by atoms with Crippen molar-refractivity contribution in [3.63, 3.8) is 0 Å². The predicted molar refractivity (Wildman–Crippen MR) is 115 cm³/mol. The molecule has 1 fully saturated rings. The summed E-state index contributed by atoms with van der Waals surface area (Å²) in [5.41, 5.74) is 3.35. The molecule has 32 heavy (non-hydrogen) atoms. The Morgan fingerprint density at radius 1 is 1.12 bits per heavy atom. The Bertz CT molecular complexity index is 1070. The van der Waals surface area contributed by atoms with Gasteiger partial charge in [-0.3, -0.25) is 0 Å². The van der Waals surface area contributed by atoms with Gasteiger partial charge in [-0.1, -0.05) is 30.3 Å². The molecule has 0 spiro atoms. The maximum Gasteiger partial charge on any atom is 0.573 e. The number of pyridine rings is 1. The summed E-state index contributed by atoms with van der Waals surface area (Å²) in [6.45, 7) is 3.07. The van der Waals surface area contributed by atoms with Gasteiger partial charge in [-0.25, -0.2) is 4.98 Å². The number of ether oxygens (including phenoxy) is 2. The van der Waals surface area contributed by atoms with Gasteiger partial charge in [-0.05, 0) is 36.2 Å². The van der Waals surface area contributed by atoms with Gasteiger partial charge in [-0.15, -0.1) is 13.2 Å². The van der Waals surface area contributed by atoms with Crippen LogP contribution in [-0.4, -0.2) is 35.6 Å². The van der Waals surface area contributed by atoms with Crippen LogP contribution < -0.4 is 14.4 Å². The maximum absolute atomic E-state index is 12.8. The van der Waals surface area contributed by atoms with Gasteiger partial charge >= 0.3 is 6.36 Å². The molecule has 8 heteroatoms. The number of anilines is 1. The van der Waals surface area contributed by atoms with Gasteiger partial charge in [0.15, 0.2) is 0 Å². The second-order valence-electron chi connectivity index (χ2n) is 7.69. The molecule has 5 nitrogen and oxygen atoms in total. The van der Waals surface area contributed by atoms with Gasteiger partial charge in [0.05, 0.1) is 13.2 Å². The number of aromatic nitrogens is 1. The Hall–Kier alpha value is -3.26. The zero-order chi connectivity index (χ0) is 22.7. The highest BCUT2D eigenvalue weighted by molar-refractivity contribution is 5.74. The van der Waals surface area contributed by atoms with Crippen LogP contribution in [0.1, 0.15) is 17.5 Å². The molecule has 1 aliphatic rings. The standard InChI is InChI=1S/C24H23F3N2O3/c1-16-6-9-23(28-13-16)31-19-10-11-29(14-19)21-8-7-17(12-18(21)15-30)20-4-2-3-5-22(20)32-24(25,26)27/h2-9,12-13,19,30H,10-11,14-15H2,1H3/t19-/m0/s1. The van der Waals surface area contributed by atoms with E-state index in [0.29, 0.717) is 29.1 Å². The fourth-order valence-corrected chi connectivity index (χ4v) is 3.84. The minimum absolute atomic E-state index is 0.0441. The highest BCUT2D eigenvalue weighted by Crippen LogP contribution is 2.36. The van der Waals surface area contributed by atoms with Gasteiger partial charge in [-0.2, -0.15) is 0 Å². The third kappa shape index (κ3) is 5.13. The van der Waals surface area contributed by atoms with Crippen molar-refractivity contribution in [1.82, 2.24) is 4.98 Å². The van der Waals surface area contributed by atoms with Gasteiger partial charge in [0.25, 0.3) is 0 Å². The number of benzene rings is 2. The van der Waals surface area contributed by atoms with E-state index in [1.165, 1.54) is 12.1 Å². The van der Waals surface area contributed by atoms with E-state index in [1.54, 1.807) is 30.5 Å². The number of alkyl halides is 3. The van der Waals surface area contributed by atoms with Crippen LogP contribution >= 0.6 is 0 Å². The molecule has 2 heterocycles. The first kappa shape index (κ1) is 22.0. The Balaban J connectivity index is 1.53. The molecule has 0 saturated carbocycles. The normalized spacial score (nSPS) is 16.3. The van der Waals surface area contributed by atoms with Crippen LogP contribution in [0.15, 0.2) is 60.8 Å². The fraction of sp³-hybridized carbons (Fsp3) is 0.292. The van der Waals surface area contributed by atoms with Crippen molar-refractivity contribution in [3.05, 3.63) is 71.9 Å². The van der Waals surface area contributed by atoms with Gasteiger partial charge in [0.1, 0.15) is 11.9 Å². The summed E-state index contributed by atoms with van der Waals surface area (Å²) in [6.07, 6.45) is -2.28. The van der Waals surface area contributed by atoms with E-state index in [9.17, 15) is 18.3 Å². The first-order valence-electron chi connectivity index (χ1n) is 10.3. The molecular formula is C24H23F3N2O3. The number of hydrogen-bond donors (Lipinski definition) is 1. The average Bonchev–Trinajstić information content (AvgIpc) is 3.22. The molecule has 3 aromatic rings. The summed E-state index contributed by atoms with van der Waals surface area (Å²) in [5.74, 6) is 0.290. The van der Waals surface area contributed by atoms with Crippen LogP contribution in [0.25, 0.3) is 11.1 Å². The molecule has 168 valence electrons. The smallest absolute Gasteiger partial charge is 0.472 e. The molecule has 1 aliphatic heterocycles. The van der Waals surface area contributed by atoms with E-state index in [-0.39, 0.29) is 18.5 Å². The Labute approximate surface area is 184 Å². The zero-order valence-corrected chi connectivity index (χ0v) is 17.5. The Morgan fingerprint density at radius 2 is 1.94 bits per heavy atom. The highest BCUT2D eigenvalue weighted by Gasteiger charge is 2.32. The number of halogens is 3. The number of aryl methyl sites for hydroxylation is 1. The van der Waals surface area contributed by atoms with Gasteiger partial charge in [0, 0.05) is 42.0 Å². The number of aliphatic hydroxyl groups excluding tert-OH is 1. The second kappa shape index (κ2) is 9.08. The van der Waals surface area contributed by atoms with Crippen molar-refractivity contribution in [2.75, 3.05) is 18.0 Å². The molecule has 4 rings (SSSR count). The number of aliphatic hydroxyl groups is 1.